The Morgan fingerprint density at radius 2 is 2.25 bits per heavy atom. The van der Waals surface area contributed by atoms with E-state index in [9.17, 15) is 8.42 Å². The Hall–Kier alpha value is -1.67. The average Bonchev–Trinajstić information content (AvgIpc) is 2.96. The summed E-state index contributed by atoms with van der Waals surface area (Å²) in [6.45, 7) is 3.36. The Labute approximate surface area is 118 Å². The summed E-state index contributed by atoms with van der Waals surface area (Å²) in [4.78, 5) is 6.47. The van der Waals surface area contributed by atoms with Crippen molar-refractivity contribution in [3.63, 3.8) is 0 Å². The quantitative estimate of drug-likeness (QED) is 0.857. The Bertz CT molecular complexity index is 688. The molecule has 1 fully saturated rings. The number of hydrogen-bond acceptors (Lipinski definition) is 5. The predicted molar refractivity (Wildman–Crippen MR) is 74.7 cm³/mol. The number of aryl methyl sites for hydroxylation is 1. The first-order chi connectivity index (χ1) is 9.45. The Morgan fingerprint density at radius 1 is 1.45 bits per heavy atom. The van der Waals surface area contributed by atoms with E-state index in [4.69, 9.17) is 0 Å². The van der Waals surface area contributed by atoms with Gasteiger partial charge in [-0.25, -0.2) is 13.1 Å². The van der Waals surface area contributed by atoms with Crippen molar-refractivity contribution < 1.29 is 8.42 Å². The molecule has 1 N–H and O–H groups in total. The van der Waals surface area contributed by atoms with Crippen LogP contribution in [0.25, 0.3) is 0 Å². The van der Waals surface area contributed by atoms with Crippen molar-refractivity contribution in [2.24, 2.45) is 12.0 Å². The van der Waals surface area contributed by atoms with E-state index in [-0.39, 0.29) is 10.9 Å². The molecular formula is C12H17N5O2S. The van der Waals surface area contributed by atoms with Crippen molar-refractivity contribution in [1.82, 2.24) is 19.4 Å². The number of hydrogen-bond donors (Lipinski definition) is 1. The van der Waals surface area contributed by atoms with E-state index < -0.39 is 10.0 Å². The zero-order valence-corrected chi connectivity index (χ0v) is 12.3. The zero-order valence-electron chi connectivity index (χ0n) is 11.4. The van der Waals surface area contributed by atoms with Crippen LogP contribution in [-0.2, 0) is 17.1 Å². The Morgan fingerprint density at radius 3 is 2.90 bits per heavy atom. The topological polar surface area (TPSA) is 79.6 Å². The van der Waals surface area contributed by atoms with Gasteiger partial charge < -0.3 is 4.90 Å². The van der Waals surface area contributed by atoms with E-state index in [0.29, 0.717) is 19.5 Å². The van der Waals surface area contributed by atoms with Crippen LogP contribution in [0.5, 0.6) is 0 Å². The second-order valence-corrected chi connectivity index (χ2v) is 6.92. The number of fused-ring (bicyclic) bond motifs is 1. The molecule has 1 aromatic heterocycles. The van der Waals surface area contributed by atoms with Crippen LogP contribution in [-0.4, -0.2) is 48.6 Å². The summed E-state index contributed by atoms with van der Waals surface area (Å²) in [5.74, 6) is 0. The van der Waals surface area contributed by atoms with Gasteiger partial charge in [-0.2, -0.15) is 5.10 Å². The summed E-state index contributed by atoms with van der Waals surface area (Å²) < 4.78 is 28.7. The minimum absolute atomic E-state index is 0.130. The minimum atomic E-state index is -3.51. The SMILES string of the molecule is CC1=C2C[C@H](NS(=O)(=O)c3cnn(C)c3)CN2C=NC1. The maximum absolute atomic E-state index is 12.3. The van der Waals surface area contributed by atoms with Gasteiger partial charge in [-0.1, -0.05) is 0 Å². The lowest BCUT2D eigenvalue weighted by atomic mass is 10.1. The fourth-order valence-corrected chi connectivity index (χ4v) is 3.78. The first-order valence-electron chi connectivity index (χ1n) is 6.42. The van der Waals surface area contributed by atoms with Gasteiger partial charge in [0.15, 0.2) is 0 Å². The van der Waals surface area contributed by atoms with Crippen LogP contribution in [0.4, 0.5) is 0 Å². The fraction of sp³-hybridized carbons (Fsp3) is 0.500. The molecule has 0 bridgehead atoms. The number of aliphatic imine (C=N–C) groups is 1. The number of nitrogens with zero attached hydrogens (tertiary/aromatic N) is 4. The molecule has 0 unspecified atom stereocenters. The van der Waals surface area contributed by atoms with Crippen LogP contribution in [0.1, 0.15) is 13.3 Å². The highest BCUT2D eigenvalue weighted by atomic mass is 32.2. The third-order valence-electron chi connectivity index (χ3n) is 3.56. The summed E-state index contributed by atoms with van der Waals surface area (Å²) in [5, 5.41) is 3.90. The molecule has 0 spiro atoms. The summed E-state index contributed by atoms with van der Waals surface area (Å²) in [6.07, 6.45) is 5.35. The van der Waals surface area contributed by atoms with E-state index in [1.54, 1.807) is 13.4 Å². The zero-order chi connectivity index (χ0) is 14.3. The van der Waals surface area contributed by atoms with Crippen LogP contribution in [0.3, 0.4) is 0 Å². The molecule has 8 heteroatoms. The molecule has 3 rings (SSSR count). The molecule has 2 aliphatic rings. The summed E-state index contributed by atoms with van der Waals surface area (Å²) in [7, 11) is -1.82. The third-order valence-corrected chi connectivity index (χ3v) is 5.03. The molecule has 0 saturated carbocycles. The lowest BCUT2D eigenvalue weighted by Gasteiger charge is -2.19. The number of sulfonamides is 1. The van der Waals surface area contributed by atoms with E-state index >= 15 is 0 Å². The van der Waals surface area contributed by atoms with Gasteiger partial charge in [0.2, 0.25) is 10.0 Å². The lowest BCUT2D eigenvalue weighted by molar-refractivity contribution is 0.526. The van der Waals surface area contributed by atoms with E-state index in [0.717, 1.165) is 0 Å². The Kier molecular flexibility index (Phi) is 3.14. The maximum Gasteiger partial charge on any atom is 0.244 e. The van der Waals surface area contributed by atoms with Crippen LogP contribution in [0.15, 0.2) is 33.6 Å². The standard InChI is InChI=1S/C12H17N5O2S/c1-9-4-13-8-17-6-10(3-12(9)17)15-20(18,19)11-5-14-16(2)7-11/h5,7-8,10,15H,3-4,6H2,1-2H3/t10-/m0/s1. The van der Waals surface area contributed by atoms with Crippen molar-refractivity contribution in [1.29, 1.82) is 0 Å². The van der Waals surface area contributed by atoms with Gasteiger partial charge in [-0.15, -0.1) is 0 Å². The van der Waals surface area contributed by atoms with Gasteiger partial charge in [0.1, 0.15) is 4.90 Å². The van der Waals surface area contributed by atoms with Gasteiger partial charge in [-0.3, -0.25) is 9.67 Å². The predicted octanol–water partition coefficient (Wildman–Crippen LogP) is 0.0886. The Balaban J connectivity index is 1.77. The third kappa shape index (κ3) is 2.36. The molecule has 0 aromatic carbocycles. The molecule has 2 aliphatic heterocycles. The largest absolute Gasteiger partial charge is 0.335 e. The highest BCUT2D eigenvalue weighted by Crippen LogP contribution is 2.26. The maximum atomic E-state index is 12.3. The molecule has 0 radical (unpaired) electrons. The number of nitrogens with one attached hydrogen (secondary N) is 1. The van der Waals surface area contributed by atoms with Crippen molar-refractivity contribution >= 4 is 16.4 Å². The lowest BCUT2D eigenvalue weighted by Crippen LogP contribution is -2.36. The summed E-state index contributed by atoms with van der Waals surface area (Å²) in [6, 6.07) is -0.130. The smallest absolute Gasteiger partial charge is 0.244 e. The summed E-state index contributed by atoms with van der Waals surface area (Å²) >= 11 is 0. The summed E-state index contributed by atoms with van der Waals surface area (Å²) in [5.41, 5.74) is 2.38. The van der Waals surface area contributed by atoms with E-state index in [1.165, 1.54) is 28.3 Å². The first kappa shape index (κ1) is 13.3. The van der Waals surface area contributed by atoms with Gasteiger partial charge in [-0.05, 0) is 12.5 Å². The molecule has 0 aliphatic carbocycles. The highest BCUT2D eigenvalue weighted by Gasteiger charge is 2.32. The number of rotatable bonds is 3. The number of aromatic nitrogens is 2. The van der Waals surface area contributed by atoms with Crippen molar-refractivity contribution in [3.8, 4) is 0 Å². The van der Waals surface area contributed by atoms with Gasteiger partial charge in [0.05, 0.1) is 19.1 Å². The monoisotopic (exact) mass is 295 g/mol. The molecular weight excluding hydrogens is 278 g/mol. The van der Waals surface area contributed by atoms with E-state index in [2.05, 4.69) is 14.8 Å². The molecule has 1 saturated heterocycles. The molecule has 20 heavy (non-hydrogen) atoms. The second-order valence-electron chi connectivity index (χ2n) is 5.21. The van der Waals surface area contributed by atoms with E-state index in [1.807, 2.05) is 11.8 Å². The molecule has 3 heterocycles. The normalized spacial score (nSPS) is 22.5. The second kappa shape index (κ2) is 4.71. The first-order valence-corrected chi connectivity index (χ1v) is 7.90. The van der Waals surface area contributed by atoms with Gasteiger partial charge in [0, 0.05) is 37.9 Å². The van der Waals surface area contributed by atoms with Crippen molar-refractivity contribution in [2.75, 3.05) is 13.1 Å². The van der Waals surface area contributed by atoms with Gasteiger partial charge in [0.25, 0.3) is 0 Å². The van der Waals surface area contributed by atoms with Crippen LogP contribution in [0.2, 0.25) is 0 Å². The van der Waals surface area contributed by atoms with Crippen LogP contribution >= 0.6 is 0 Å². The highest BCUT2D eigenvalue weighted by molar-refractivity contribution is 7.89. The molecule has 0 amide bonds. The molecule has 108 valence electrons. The van der Waals surface area contributed by atoms with Crippen LogP contribution < -0.4 is 4.72 Å². The minimum Gasteiger partial charge on any atom is -0.335 e. The van der Waals surface area contributed by atoms with Crippen molar-refractivity contribution in [3.05, 3.63) is 23.7 Å². The molecule has 1 atom stereocenters. The molecule has 7 nitrogen and oxygen atoms in total. The average molecular weight is 295 g/mol. The fourth-order valence-electron chi connectivity index (χ4n) is 2.57. The van der Waals surface area contributed by atoms with Gasteiger partial charge >= 0.3 is 0 Å². The van der Waals surface area contributed by atoms with Crippen molar-refractivity contribution in [2.45, 2.75) is 24.3 Å². The van der Waals surface area contributed by atoms with Crippen LogP contribution in [0, 0.1) is 0 Å². The molecule has 1 aromatic rings.